The highest BCUT2D eigenvalue weighted by atomic mass is 32.1. The van der Waals surface area contributed by atoms with Gasteiger partial charge in [-0.25, -0.2) is 0 Å². The molecule has 2 heteroatoms. The molecule has 0 atom stereocenters. The molecule has 0 unspecified atom stereocenters. The van der Waals surface area contributed by atoms with Crippen molar-refractivity contribution in [3.05, 3.63) is 0 Å². The van der Waals surface area contributed by atoms with Gasteiger partial charge in [-0.1, -0.05) is 18.5 Å². The van der Waals surface area contributed by atoms with Crippen molar-refractivity contribution in [1.29, 1.82) is 0 Å². The Bertz CT molecular complexity index is 128. The zero-order chi connectivity index (χ0) is 6.53. The fourth-order valence-electron chi connectivity index (χ4n) is 1.09. The predicted octanol–water partition coefficient (Wildman–Crippen LogP) is 0.973. The minimum absolute atomic E-state index is 0.906. The van der Waals surface area contributed by atoms with E-state index < -0.39 is 0 Å². The van der Waals surface area contributed by atoms with Crippen molar-refractivity contribution in [2.75, 3.05) is 19.6 Å². The molecule has 0 aromatic rings. The van der Waals surface area contributed by atoms with Crippen molar-refractivity contribution in [2.45, 2.75) is 12.8 Å². The summed E-state index contributed by atoms with van der Waals surface area (Å²) in [5.74, 6) is 2.93. The third-order valence-corrected chi connectivity index (χ3v) is 1.74. The van der Waals surface area contributed by atoms with Crippen LogP contribution in [0.2, 0.25) is 0 Å². The second-order valence-electron chi connectivity index (χ2n) is 2.27. The van der Waals surface area contributed by atoms with Gasteiger partial charge in [-0.2, -0.15) is 0 Å². The van der Waals surface area contributed by atoms with Crippen molar-refractivity contribution >= 4 is 12.6 Å². The number of hydrogen-bond acceptors (Lipinski definition) is 2. The normalized spacial score (nSPS) is 19.2. The third-order valence-electron chi connectivity index (χ3n) is 1.58. The van der Waals surface area contributed by atoms with Crippen molar-refractivity contribution < 1.29 is 0 Å². The van der Waals surface area contributed by atoms with Crippen LogP contribution >= 0.6 is 12.6 Å². The topological polar surface area (TPSA) is 3.24 Å². The fourth-order valence-corrected chi connectivity index (χ4v) is 1.16. The first-order valence-electron chi connectivity index (χ1n) is 3.28. The summed E-state index contributed by atoms with van der Waals surface area (Å²) in [4.78, 5) is 2.35. The van der Waals surface area contributed by atoms with Gasteiger partial charge in [0.25, 0.3) is 0 Å². The molecule has 0 N–H and O–H groups in total. The van der Waals surface area contributed by atoms with E-state index in [1.165, 1.54) is 25.9 Å². The molecule has 0 radical (unpaired) electrons. The van der Waals surface area contributed by atoms with E-state index in [1.54, 1.807) is 0 Å². The van der Waals surface area contributed by atoms with Gasteiger partial charge in [-0.15, -0.1) is 0 Å². The monoisotopic (exact) mass is 141 g/mol. The van der Waals surface area contributed by atoms with E-state index in [9.17, 15) is 0 Å². The van der Waals surface area contributed by atoms with Gasteiger partial charge in [0.15, 0.2) is 0 Å². The molecule has 1 aliphatic heterocycles. The smallest absolute Gasteiger partial charge is 0.0610 e. The molecule has 1 aliphatic rings. The summed E-state index contributed by atoms with van der Waals surface area (Å²) in [6.45, 7) is 3.36. The lowest BCUT2D eigenvalue weighted by Crippen LogP contribution is -2.18. The van der Waals surface area contributed by atoms with Crippen molar-refractivity contribution in [1.82, 2.24) is 4.90 Å². The number of likely N-dealkylation sites (tertiary alicyclic amines) is 1. The second-order valence-corrected chi connectivity index (χ2v) is 2.50. The molecule has 0 saturated carbocycles. The summed E-state index contributed by atoms with van der Waals surface area (Å²) in [6.07, 6.45) is 2.68. The molecule has 9 heavy (non-hydrogen) atoms. The summed E-state index contributed by atoms with van der Waals surface area (Å²) in [6, 6.07) is 0. The van der Waals surface area contributed by atoms with Crippen LogP contribution in [0.4, 0.5) is 0 Å². The third kappa shape index (κ3) is 2.30. The van der Waals surface area contributed by atoms with Crippen LogP contribution in [0.5, 0.6) is 0 Å². The first kappa shape index (κ1) is 6.98. The standard InChI is InChI=1S/C7H11NS/c9-7-3-6-8-4-1-2-5-8/h9H,1-2,4-6H2. The van der Waals surface area contributed by atoms with Crippen LogP contribution in [0.1, 0.15) is 12.8 Å². The molecule has 0 aliphatic carbocycles. The van der Waals surface area contributed by atoms with Gasteiger partial charge < -0.3 is 0 Å². The summed E-state index contributed by atoms with van der Waals surface area (Å²) >= 11 is 3.81. The molecular weight excluding hydrogens is 130 g/mol. The molecule has 0 bridgehead atoms. The van der Waals surface area contributed by atoms with E-state index in [0.29, 0.717) is 0 Å². The average molecular weight is 141 g/mol. The second kappa shape index (κ2) is 3.81. The van der Waals surface area contributed by atoms with E-state index in [0.717, 1.165) is 6.54 Å². The zero-order valence-electron chi connectivity index (χ0n) is 5.43. The Hall–Kier alpha value is -0.130. The Labute approximate surface area is 61.8 Å². The number of thiol groups is 1. The largest absolute Gasteiger partial charge is 0.292 e. The number of nitrogens with zero attached hydrogens (tertiary/aromatic N) is 1. The highest BCUT2D eigenvalue weighted by molar-refractivity contribution is 7.85. The molecule has 1 heterocycles. The molecule has 0 aromatic carbocycles. The van der Waals surface area contributed by atoms with Crippen molar-refractivity contribution in [2.24, 2.45) is 0 Å². The lowest BCUT2D eigenvalue weighted by atomic mass is 10.4. The van der Waals surface area contributed by atoms with E-state index in [2.05, 4.69) is 28.7 Å². The van der Waals surface area contributed by atoms with E-state index in [-0.39, 0.29) is 0 Å². The van der Waals surface area contributed by atoms with E-state index in [4.69, 9.17) is 0 Å². The summed E-state index contributed by atoms with van der Waals surface area (Å²) in [7, 11) is 0. The molecule has 0 amide bonds. The number of hydrogen-bond donors (Lipinski definition) is 1. The Balaban J connectivity index is 2.16. The van der Waals surface area contributed by atoms with Gasteiger partial charge in [0.05, 0.1) is 6.54 Å². The molecule has 50 valence electrons. The zero-order valence-corrected chi connectivity index (χ0v) is 6.32. The first-order chi connectivity index (χ1) is 4.43. The maximum absolute atomic E-state index is 3.81. The Morgan fingerprint density at radius 2 is 2.00 bits per heavy atom. The van der Waals surface area contributed by atoms with Gasteiger partial charge in [0, 0.05) is 0 Å². The minimum atomic E-state index is 0.906. The maximum Gasteiger partial charge on any atom is 0.0610 e. The van der Waals surface area contributed by atoms with Crippen molar-refractivity contribution in [3.8, 4) is 11.2 Å². The van der Waals surface area contributed by atoms with Gasteiger partial charge in [0.1, 0.15) is 0 Å². The van der Waals surface area contributed by atoms with Crippen molar-refractivity contribution in [3.63, 3.8) is 0 Å². The molecule has 1 nitrogen and oxygen atoms in total. The van der Waals surface area contributed by atoms with E-state index >= 15 is 0 Å². The van der Waals surface area contributed by atoms with Crippen LogP contribution in [0, 0.1) is 11.2 Å². The summed E-state index contributed by atoms with van der Waals surface area (Å²) in [5.41, 5.74) is 0. The van der Waals surface area contributed by atoms with Crippen LogP contribution in [0.3, 0.4) is 0 Å². The van der Waals surface area contributed by atoms with Gasteiger partial charge >= 0.3 is 0 Å². The van der Waals surface area contributed by atoms with Gasteiger partial charge in [0.2, 0.25) is 0 Å². The Kier molecular flexibility index (Phi) is 2.96. The van der Waals surface area contributed by atoms with Crippen LogP contribution in [0.15, 0.2) is 0 Å². The van der Waals surface area contributed by atoms with Crippen LogP contribution in [0.25, 0.3) is 0 Å². The quantitative estimate of drug-likeness (QED) is 0.421. The molecule has 1 rings (SSSR count). The van der Waals surface area contributed by atoms with Crippen LogP contribution < -0.4 is 0 Å². The molecule has 1 saturated heterocycles. The first-order valence-corrected chi connectivity index (χ1v) is 3.72. The molecule has 0 spiro atoms. The molecular formula is C7H11NS. The van der Waals surface area contributed by atoms with Gasteiger partial charge in [-0.05, 0) is 31.2 Å². The van der Waals surface area contributed by atoms with E-state index in [1.807, 2.05) is 0 Å². The lowest BCUT2D eigenvalue weighted by molar-refractivity contribution is 0.383. The molecule has 1 fully saturated rings. The average Bonchev–Trinajstić information content (AvgIpc) is 2.34. The lowest BCUT2D eigenvalue weighted by Gasteiger charge is -2.07. The maximum atomic E-state index is 3.81. The van der Waals surface area contributed by atoms with Crippen LogP contribution in [-0.2, 0) is 0 Å². The Morgan fingerprint density at radius 3 is 2.56 bits per heavy atom. The highest BCUT2D eigenvalue weighted by Gasteiger charge is 2.08. The van der Waals surface area contributed by atoms with Gasteiger partial charge in [-0.3, -0.25) is 4.90 Å². The molecule has 0 aromatic heterocycles. The predicted molar refractivity (Wildman–Crippen MR) is 42.4 cm³/mol. The fraction of sp³-hybridized carbons (Fsp3) is 0.714. The Morgan fingerprint density at radius 1 is 1.33 bits per heavy atom. The van der Waals surface area contributed by atoms with Crippen LogP contribution in [-0.4, -0.2) is 24.5 Å². The summed E-state index contributed by atoms with van der Waals surface area (Å²) in [5, 5.41) is 2.60. The highest BCUT2D eigenvalue weighted by Crippen LogP contribution is 2.05. The number of rotatable bonds is 1. The SMILES string of the molecule is SC#CCN1CCCC1. The minimum Gasteiger partial charge on any atom is -0.292 e. The summed E-state index contributed by atoms with van der Waals surface area (Å²) < 4.78 is 0.